The van der Waals surface area contributed by atoms with Crippen molar-refractivity contribution in [3.8, 4) is 5.75 Å². The van der Waals surface area contributed by atoms with Gasteiger partial charge in [0, 0.05) is 10.0 Å². The maximum absolute atomic E-state index is 9.97. The minimum absolute atomic E-state index is 0.362. The summed E-state index contributed by atoms with van der Waals surface area (Å²) in [4.78, 5) is 0. The van der Waals surface area contributed by atoms with Gasteiger partial charge in [0.1, 0.15) is 5.75 Å². The average Bonchev–Trinajstić information content (AvgIpc) is 2.31. The molecule has 0 amide bonds. The lowest BCUT2D eigenvalue weighted by atomic mass is 9.83. The highest BCUT2D eigenvalue weighted by Gasteiger charge is 2.32. The first-order chi connectivity index (χ1) is 8.38. The van der Waals surface area contributed by atoms with Gasteiger partial charge in [0.15, 0.2) is 0 Å². The van der Waals surface area contributed by atoms with Gasteiger partial charge < -0.3 is 5.11 Å². The molecule has 0 radical (unpaired) electrons. The Labute approximate surface area is 126 Å². The topological polar surface area (TPSA) is 20.2 Å². The number of thioether (sulfide) groups is 2. The van der Waals surface area contributed by atoms with Gasteiger partial charge in [-0.05, 0) is 41.0 Å². The number of rotatable bonds is 1. The van der Waals surface area contributed by atoms with E-state index >= 15 is 0 Å². The molecule has 0 aliphatic carbocycles. The highest BCUT2D eigenvalue weighted by molar-refractivity contribution is 9.10. The number of hydrogen-bond acceptors (Lipinski definition) is 3. The van der Waals surface area contributed by atoms with Crippen LogP contribution in [0, 0.1) is 11.3 Å². The second-order valence-corrected chi connectivity index (χ2v) is 9.25. The third-order valence-corrected chi connectivity index (χ3v) is 6.98. The van der Waals surface area contributed by atoms with E-state index in [9.17, 15) is 5.11 Å². The summed E-state index contributed by atoms with van der Waals surface area (Å²) in [5.41, 5.74) is 1.43. The van der Waals surface area contributed by atoms with Crippen LogP contribution >= 0.6 is 39.5 Å². The van der Waals surface area contributed by atoms with E-state index in [-0.39, 0.29) is 0 Å². The molecule has 0 spiro atoms. The molecule has 1 aliphatic rings. The number of hydrogen-bond donors (Lipinski definition) is 1. The standard InChI is InChI=1S/C14H19BrOS2/c1-14(2,3)9-7-17-13(18-8-9)11-6-10(15)4-5-12(11)16/h4-6,9,13,16H,7-8H2,1-3H3. The van der Waals surface area contributed by atoms with Gasteiger partial charge in [0.25, 0.3) is 0 Å². The Bertz CT molecular complexity index is 420. The summed E-state index contributed by atoms with van der Waals surface area (Å²) in [6.07, 6.45) is 0. The maximum Gasteiger partial charge on any atom is 0.120 e. The van der Waals surface area contributed by atoms with E-state index < -0.39 is 0 Å². The molecule has 1 aromatic carbocycles. The first kappa shape index (κ1) is 14.6. The van der Waals surface area contributed by atoms with Gasteiger partial charge in [-0.1, -0.05) is 36.7 Å². The normalized spacial score (nSPS) is 25.1. The molecule has 18 heavy (non-hydrogen) atoms. The number of phenolic OH excluding ortho intramolecular Hbond substituents is 1. The van der Waals surface area contributed by atoms with Gasteiger partial charge in [-0.25, -0.2) is 0 Å². The summed E-state index contributed by atoms with van der Waals surface area (Å²) in [5.74, 6) is 3.51. The van der Waals surface area contributed by atoms with Crippen LogP contribution in [0.25, 0.3) is 0 Å². The Kier molecular flexibility index (Phi) is 4.61. The fourth-order valence-electron chi connectivity index (χ4n) is 1.90. The van der Waals surface area contributed by atoms with Crippen molar-refractivity contribution in [3.63, 3.8) is 0 Å². The van der Waals surface area contributed by atoms with Crippen LogP contribution < -0.4 is 0 Å². The molecule has 4 heteroatoms. The van der Waals surface area contributed by atoms with E-state index in [1.165, 1.54) is 11.5 Å². The average molecular weight is 347 g/mol. The SMILES string of the molecule is CC(C)(C)C1CSC(c2cc(Br)ccc2O)SC1. The van der Waals surface area contributed by atoms with Gasteiger partial charge >= 0.3 is 0 Å². The predicted octanol–water partition coefficient (Wildman–Crippen LogP) is 5.30. The van der Waals surface area contributed by atoms with Crippen molar-refractivity contribution < 1.29 is 5.11 Å². The number of halogens is 1. The molecule has 2 rings (SSSR count). The van der Waals surface area contributed by atoms with E-state index in [0.717, 1.165) is 16.0 Å². The van der Waals surface area contributed by atoms with E-state index in [0.29, 0.717) is 15.7 Å². The molecule has 0 aromatic heterocycles. The fraction of sp³-hybridized carbons (Fsp3) is 0.571. The molecular weight excluding hydrogens is 328 g/mol. The van der Waals surface area contributed by atoms with Crippen molar-refractivity contribution in [2.75, 3.05) is 11.5 Å². The van der Waals surface area contributed by atoms with Crippen molar-refractivity contribution in [2.45, 2.75) is 25.4 Å². The third kappa shape index (κ3) is 3.40. The van der Waals surface area contributed by atoms with E-state index in [1.807, 2.05) is 35.7 Å². The molecule has 100 valence electrons. The second kappa shape index (κ2) is 5.68. The van der Waals surface area contributed by atoms with Gasteiger partial charge in [-0.15, -0.1) is 23.5 Å². The Morgan fingerprint density at radius 2 is 1.83 bits per heavy atom. The van der Waals surface area contributed by atoms with Crippen LogP contribution in [0.15, 0.2) is 22.7 Å². The molecule has 1 heterocycles. The minimum atomic E-state index is 0.362. The third-order valence-electron chi connectivity index (χ3n) is 3.37. The van der Waals surface area contributed by atoms with Crippen molar-refractivity contribution in [3.05, 3.63) is 28.2 Å². The van der Waals surface area contributed by atoms with E-state index in [2.05, 4.69) is 36.7 Å². The zero-order chi connectivity index (χ0) is 13.3. The van der Waals surface area contributed by atoms with Crippen molar-refractivity contribution in [2.24, 2.45) is 11.3 Å². The van der Waals surface area contributed by atoms with Gasteiger partial charge in [-0.3, -0.25) is 0 Å². The van der Waals surface area contributed by atoms with Crippen molar-refractivity contribution in [1.82, 2.24) is 0 Å². The first-order valence-electron chi connectivity index (χ1n) is 6.09. The van der Waals surface area contributed by atoms with Crippen LogP contribution in [0.5, 0.6) is 5.75 Å². The van der Waals surface area contributed by atoms with Crippen LogP contribution in [0.2, 0.25) is 0 Å². The lowest BCUT2D eigenvalue weighted by molar-refractivity contribution is 0.292. The monoisotopic (exact) mass is 346 g/mol. The molecule has 1 N–H and O–H groups in total. The zero-order valence-corrected chi connectivity index (χ0v) is 14.2. The van der Waals surface area contributed by atoms with Gasteiger partial charge in [0.2, 0.25) is 0 Å². The molecule has 0 saturated carbocycles. The highest BCUT2D eigenvalue weighted by Crippen LogP contribution is 2.51. The Morgan fingerprint density at radius 3 is 2.39 bits per heavy atom. The number of benzene rings is 1. The predicted molar refractivity (Wildman–Crippen MR) is 86.4 cm³/mol. The van der Waals surface area contributed by atoms with Crippen LogP contribution in [0.4, 0.5) is 0 Å². The Balaban J connectivity index is 2.08. The Hall–Kier alpha value is 0.200. The molecule has 0 atom stereocenters. The van der Waals surface area contributed by atoms with E-state index in [4.69, 9.17) is 0 Å². The van der Waals surface area contributed by atoms with Gasteiger partial charge in [-0.2, -0.15) is 0 Å². The van der Waals surface area contributed by atoms with Crippen LogP contribution in [-0.2, 0) is 0 Å². The molecule has 1 aromatic rings. The molecule has 1 saturated heterocycles. The summed E-state index contributed by atoms with van der Waals surface area (Å²) >= 11 is 7.39. The molecule has 0 bridgehead atoms. The van der Waals surface area contributed by atoms with Crippen LogP contribution in [0.3, 0.4) is 0 Å². The summed E-state index contributed by atoms with van der Waals surface area (Å²) in [5, 5.41) is 9.97. The van der Waals surface area contributed by atoms with Crippen molar-refractivity contribution in [1.29, 1.82) is 0 Å². The zero-order valence-electron chi connectivity index (χ0n) is 10.9. The number of phenols is 1. The summed E-state index contributed by atoms with van der Waals surface area (Å²) in [7, 11) is 0. The van der Waals surface area contributed by atoms with Crippen LogP contribution in [0.1, 0.15) is 30.9 Å². The fourth-order valence-corrected chi connectivity index (χ4v) is 6.07. The van der Waals surface area contributed by atoms with E-state index in [1.54, 1.807) is 6.07 Å². The summed E-state index contributed by atoms with van der Waals surface area (Å²) in [6.45, 7) is 6.95. The highest BCUT2D eigenvalue weighted by atomic mass is 79.9. The molecular formula is C14H19BrOS2. The van der Waals surface area contributed by atoms with Crippen LogP contribution in [-0.4, -0.2) is 16.6 Å². The molecule has 1 nitrogen and oxygen atoms in total. The largest absolute Gasteiger partial charge is 0.508 e. The number of aromatic hydroxyl groups is 1. The molecule has 1 aliphatic heterocycles. The first-order valence-corrected chi connectivity index (χ1v) is 8.98. The smallest absolute Gasteiger partial charge is 0.120 e. The molecule has 0 unspecified atom stereocenters. The summed E-state index contributed by atoms with van der Waals surface area (Å²) < 4.78 is 1.40. The lowest BCUT2D eigenvalue weighted by Crippen LogP contribution is -2.27. The quantitative estimate of drug-likeness (QED) is 0.745. The Morgan fingerprint density at radius 1 is 1.22 bits per heavy atom. The summed E-state index contributed by atoms with van der Waals surface area (Å²) in [6, 6.07) is 5.70. The van der Waals surface area contributed by atoms with Crippen molar-refractivity contribution >= 4 is 39.5 Å². The molecule has 1 fully saturated rings. The second-order valence-electron chi connectivity index (χ2n) is 5.76. The maximum atomic E-state index is 9.97. The minimum Gasteiger partial charge on any atom is -0.508 e. The van der Waals surface area contributed by atoms with Gasteiger partial charge in [0.05, 0.1) is 4.58 Å². The lowest BCUT2D eigenvalue weighted by Gasteiger charge is -2.36.